The van der Waals surface area contributed by atoms with Gasteiger partial charge in [0.1, 0.15) is 5.75 Å². The van der Waals surface area contributed by atoms with Crippen LogP contribution in [-0.4, -0.2) is 11.0 Å². The standard InChI is InChI=1S/C21H20ClNO2/c1-2-7-19(25)23-21(16-10-5-6-11-17(16)22)20-15-9-4-3-8-14(15)12-13-18(20)24/h3-6,8-13,21,24H,2,7H2,1H3,(H,23,25)/t21-/m0/s1. The first-order valence-electron chi connectivity index (χ1n) is 8.36. The summed E-state index contributed by atoms with van der Waals surface area (Å²) in [6.07, 6.45) is 1.18. The molecule has 0 saturated carbocycles. The summed E-state index contributed by atoms with van der Waals surface area (Å²) < 4.78 is 0. The van der Waals surface area contributed by atoms with Crippen LogP contribution in [0.25, 0.3) is 10.8 Å². The van der Waals surface area contributed by atoms with Crippen LogP contribution < -0.4 is 5.32 Å². The van der Waals surface area contributed by atoms with Crippen molar-refractivity contribution in [2.45, 2.75) is 25.8 Å². The number of phenolic OH excluding ortho intramolecular Hbond substituents is 1. The van der Waals surface area contributed by atoms with Crippen molar-refractivity contribution in [3.05, 3.63) is 76.8 Å². The van der Waals surface area contributed by atoms with E-state index in [0.717, 1.165) is 22.8 Å². The minimum absolute atomic E-state index is 0.0697. The maximum absolute atomic E-state index is 12.3. The van der Waals surface area contributed by atoms with Crippen molar-refractivity contribution in [3.8, 4) is 5.75 Å². The van der Waals surface area contributed by atoms with Gasteiger partial charge in [0.25, 0.3) is 0 Å². The molecule has 25 heavy (non-hydrogen) atoms. The first-order chi connectivity index (χ1) is 12.1. The molecule has 0 saturated heterocycles. The van der Waals surface area contributed by atoms with Crippen molar-refractivity contribution in [1.82, 2.24) is 5.32 Å². The van der Waals surface area contributed by atoms with E-state index in [1.807, 2.05) is 55.5 Å². The molecule has 0 bridgehead atoms. The van der Waals surface area contributed by atoms with Gasteiger partial charge in [-0.2, -0.15) is 0 Å². The van der Waals surface area contributed by atoms with E-state index in [2.05, 4.69) is 5.32 Å². The predicted molar refractivity (Wildman–Crippen MR) is 102 cm³/mol. The average molecular weight is 354 g/mol. The van der Waals surface area contributed by atoms with Crippen molar-refractivity contribution in [3.63, 3.8) is 0 Å². The van der Waals surface area contributed by atoms with Gasteiger partial charge in [-0.05, 0) is 34.9 Å². The Kier molecular flexibility index (Phi) is 5.25. The van der Waals surface area contributed by atoms with Crippen LogP contribution in [0.4, 0.5) is 0 Å². The van der Waals surface area contributed by atoms with Crippen molar-refractivity contribution in [1.29, 1.82) is 0 Å². The van der Waals surface area contributed by atoms with Gasteiger partial charge in [-0.1, -0.05) is 67.1 Å². The molecule has 3 nitrogen and oxygen atoms in total. The lowest BCUT2D eigenvalue weighted by Crippen LogP contribution is -2.29. The number of rotatable bonds is 5. The molecule has 0 fully saturated rings. The Morgan fingerprint density at radius 2 is 1.80 bits per heavy atom. The molecule has 128 valence electrons. The molecule has 0 heterocycles. The molecule has 0 spiro atoms. The molecule has 1 atom stereocenters. The topological polar surface area (TPSA) is 49.3 Å². The Morgan fingerprint density at radius 1 is 1.08 bits per heavy atom. The van der Waals surface area contributed by atoms with Gasteiger partial charge in [0.05, 0.1) is 6.04 Å². The smallest absolute Gasteiger partial charge is 0.220 e. The number of carbonyl (C=O) groups is 1. The van der Waals surface area contributed by atoms with Crippen LogP contribution in [0.5, 0.6) is 5.75 Å². The molecule has 3 aromatic rings. The SMILES string of the molecule is CCCC(=O)N[C@@H](c1ccccc1Cl)c1c(O)ccc2ccccc12. The Bertz CT molecular complexity index is 907. The first-order valence-corrected chi connectivity index (χ1v) is 8.74. The van der Waals surface area contributed by atoms with Crippen LogP contribution in [0.1, 0.15) is 36.9 Å². The molecule has 2 N–H and O–H groups in total. The number of phenols is 1. The van der Waals surface area contributed by atoms with Crippen molar-refractivity contribution in [2.75, 3.05) is 0 Å². The Balaban J connectivity index is 2.20. The Morgan fingerprint density at radius 3 is 2.56 bits per heavy atom. The van der Waals surface area contributed by atoms with Crippen molar-refractivity contribution in [2.24, 2.45) is 0 Å². The molecule has 0 aromatic heterocycles. The average Bonchev–Trinajstić information content (AvgIpc) is 2.61. The quantitative estimate of drug-likeness (QED) is 0.662. The number of nitrogens with one attached hydrogen (secondary N) is 1. The van der Waals surface area contributed by atoms with Gasteiger partial charge in [-0.25, -0.2) is 0 Å². The number of hydrogen-bond acceptors (Lipinski definition) is 2. The van der Waals surface area contributed by atoms with E-state index in [4.69, 9.17) is 11.6 Å². The minimum atomic E-state index is -0.515. The van der Waals surface area contributed by atoms with E-state index in [-0.39, 0.29) is 11.7 Å². The van der Waals surface area contributed by atoms with Gasteiger partial charge < -0.3 is 10.4 Å². The Labute approximate surface area is 152 Å². The van der Waals surface area contributed by atoms with Crippen molar-refractivity contribution < 1.29 is 9.90 Å². The molecule has 3 aromatic carbocycles. The van der Waals surface area contributed by atoms with E-state index in [1.54, 1.807) is 12.1 Å². The van der Waals surface area contributed by atoms with Crippen LogP contribution in [0.2, 0.25) is 5.02 Å². The molecular weight excluding hydrogens is 334 g/mol. The summed E-state index contributed by atoms with van der Waals surface area (Å²) in [5.41, 5.74) is 1.43. The maximum atomic E-state index is 12.3. The van der Waals surface area contributed by atoms with Gasteiger partial charge in [0.2, 0.25) is 5.91 Å². The summed E-state index contributed by atoms with van der Waals surface area (Å²) in [6, 6.07) is 18.2. The summed E-state index contributed by atoms with van der Waals surface area (Å²) >= 11 is 6.40. The maximum Gasteiger partial charge on any atom is 0.220 e. The first kappa shape index (κ1) is 17.3. The van der Waals surface area contributed by atoms with E-state index < -0.39 is 6.04 Å². The lowest BCUT2D eigenvalue weighted by atomic mass is 9.92. The van der Waals surface area contributed by atoms with E-state index >= 15 is 0 Å². The number of aromatic hydroxyl groups is 1. The lowest BCUT2D eigenvalue weighted by molar-refractivity contribution is -0.121. The van der Waals surface area contributed by atoms with E-state index in [1.165, 1.54) is 0 Å². The van der Waals surface area contributed by atoms with Crippen LogP contribution >= 0.6 is 11.6 Å². The van der Waals surface area contributed by atoms with Gasteiger partial charge in [0.15, 0.2) is 0 Å². The number of amides is 1. The molecule has 0 aliphatic heterocycles. The minimum Gasteiger partial charge on any atom is -0.508 e. The summed E-state index contributed by atoms with van der Waals surface area (Å²) in [5.74, 6) is 0.0696. The highest BCUT2D eigenvalue weighted by atomic mass is 35.5. The molecule has 3 rings (SSSR count). The lowest BCUT2D eigenvalue weighted by Gasteiger charge is -2.23. The summed E-state index contributed by atoms with van der Waals surface area (Å²) in [5, 5.41) is 16.1. The molecule has 0 aliphatic carbocycles. The zero-order valence-electron chi connectivity index (χ0n) is 14.0. The summed E-state index contributed by atoms with van der Waals surface area (Å²) in [4.78, 5) is 12.3. The third kappa shape index (κ3) is 3.62. The van der Waals surface area contributed by atoms with E-state index in [0.29, 0.717) is 17.0 Å². The third-order valence-corrected chi connectivity index (χ3v) is 4.58. The normalized spacial score (nSPS) is 12.1. The van der Waals surface area contributed by atoms with Crippen LogP contribution in [0.3, 0.4) is 0 Å². The predicted octanol–water partition coefficient (Wildman–Crippen LogP) is 5.20. The van der Waals surface area contributed by atoms with Crippen molar-refractivity contribution >= 4 is 28.3 Å². The zero-order valence-corrected chi connectivity index (χ0v) is 14.8. The molecular formula is C21H20ClNO2. The monoisotopic (exact) mass is 353 g/mol. The number of fused-ring (bicyclic) bond motifs is 1. The zero-order chi connectivity index (χ0) is 17.8. The largest absolute Gasteiger partial charge is 0.508 e. The van der Waals surface area contributed by atoms with E-state index in [9.17, 15) is 9.90 Å². The molecule has 0 aliphatic rings. The summed E-state index contributed by atoms with van der Waals surface area (Å²) in [7, 11) is 0. The summed E-state index contributed by atoms with van der Waals surface area (Å²) in [6.45, 7) is 1.96. The highest BCUT2D eigenvalue weighted by molar-refractivity contribution is 6.31. The van der Waals surface area contributed by atoms with Gasteiger partial charge in [0, 0.05) is 17.0 Å². The fourth-order valence-electron chi connectivity index (χ4n) is 3.06. The van der Waals surface area contributed by atoms with Crippen LogP contribution in [-0.2, 0) is 4.79 Å². The highest BCUT2D eigenvalue weighted by Gasteiger charge is 2.24. The highest BCUT2D eigenvalue weighted by Crippen LogP contribution is 2.38. The second-order valence-corrected chi connectivity index (χ2v) is 6.40. The van der Waals surface area contributed by atoms with Crippen LogP contribution in [0, 0.1) is 0 Å². The van der Waals surface area contributed by atoms with Crippen LogP contribution in [0.15, 0.2) is 60.7 Å². The third-order valence-electron chi connectivity index (χ3n) is 4.23. The number of benzene rings is 3. The molecule has 0 unspecified atom stereocenters. The number of halogens is 1. The van der Waals surface area contributed by atoms with Gasteiger partial charge in [-0.15, -0.1) is 0 Å². The second-order valence-electron chi connectivity index (χ2n) is 5.99. The Hall–Kier alpha value is -2.52. The molecule has 4 heteroatoms. The fourth-order valence-corrected chi connectivity index (χ4v) is 3.31. The number of hydrogen-bond donors (Lipinski definition) is 2. The fraction of sp³-hybridized carbons (Fsp3) is 0.190. The molecule has 0 radical (unpaired) electrons. The van der Waals surface area contributed by atoms with Gasteiger partial charge >= 0.3 is 0 Å². The van der Waals surface area contributed by atoms with Gasteiger partial charge in [-0.3, -0.25) is 4.79 Å². The second kappa shape index (κ2) is 7.58. The molecule has 1 amide bonds. The number of carbonyl (C=O) groups excluding carboxylic acids is 1.